The maximum Gasteiger partial charge on any atom is 0.290 e. The molecule has 14 heavy (non-hydrogen) atoms. The van der Waals surface area contributed by atoms with Crippen LogP contribution in [0.3, 0.4) is 0 Å². The summed E-state index contributed by atoms with van der Waals surface area (Å²) in [5.41, 5.74) is 1.20. The van der Waals surface area contributed by atoms with Crippen LogP contribution in [0, 0.1) is 5.21 Å². The van der Waals surface area contributed by atoms with Crippen molar-refractivity contribution in [2.75, 3.05) is 0 Å². The molecule has 0 saturated carbocycles. The maximum atomic E-state index is 10.8. The molecule has 4 heteroatoms. The summed E-state index contributed by atoms with van der Waals surface area (Å²) in [6, 6.07) is 9.19. The zero-order valence-electron chi connectivity index (χ0n) is 7.29. The van der Waals surface area contributed by atoms with E-state index < -0.39 is 0 Å². The van der Waals surface area contributed by atoms with Crippen LogP contribution in [0.2, 0.25) is 0 Å². The van der Waals surface area contributed by atoms with E-state index in [1.807, 2.05) is 30.3 Å². The van der Waals surface area contributed by atoms with Gasteiger partial charge < -0.3 is 10.3 Å². The Labute approximate surface area is 80.7 Å². The van der Waals surface area contributed by atoms with Crippen LogP contribution in [-0.4, -0.2) is 10.1 Å². The lowest BCUT2D eigenvalue weighted by atomic mass is 10.1. The van der Waals surface area contributed by atoms with Crippen LogP contribution in [0.15, 0.2) is 42.9 Å². The zero-order chi connectivity index (χ0) is 9.97. The number of aromatic hydroxyl groups is 1. The van der Waals surface area contributed by atoms with Gasteiger partial charge in [0.1, 0.15) is 6.20 Å². The third-order valence-electron chi connectivity index (χ3n) is 1.84. The highest BCUT2D eigenvalue weighted by Gasteiger charge is 2.11. The second kappa shape index (κ2) is 3.33. The van der Waals surface area contributed by atoms with Crippen molar-refractivity contribution in [2.24, 2.45) is 0 Å². The third kappa shape index (κ3) is 1.50. The van der Waals surface area contributed by atoms with Crippen molar-refractivity contribution < 1.29 is 9.84 Å². The average Bonchev–Trinajstić information content (AvgIpc) is 2.19. The molecular weight excluding hydrogens is 180 g/mol. The van der Waals surface area contributed by atoms with Gasteiger partial charge in [-0.05, 0) is 4.98 Å². The summed E-state index contributed by atoms with van der Waals surface area (Å²) in [6.07, 6.45) is 2.19. The number of hydrogen-bond acceptors (Lipinski definition) is 3. The first-order chi connectivity index (χ1) is 6.77. The Bertz CT molecular complexity index is 443. The van der Waals surface area contributed by atoms with Gasteiger partial charge >= 0.3 is 0 Å². The molecule has 2 rings (SSSR count). The molecule has 0 radical (unpaired) electrons. The predicted octanol–water partition coefficient (Wildman–Crippen LogP) is 1.09. The third-order valence-corrected chi connectivity index (χ3v) is 1.84. The van der Waals surface area contributed by atoms with Crippen molar-refractivity contribution in [1.82, 2.24) is 4.98 Å². The van der Waals surface area contributed by atoms with Crippen LogP contribution in [-0.2, 0) is 0 Å². The fourth-order valence-electron chi connectivity index (χ4n) is 1.21. The van der Waals surface area contributed by atoms with Gasteiger partial charge in [0.05, 0.1) is 0 Å². The van der Waals surface area contributed by atoms with E-state index in [0.717, 1.165) is 18.1 Å². The Kier molecular flexibility index (Phi) is 2.02. The van der Waals surface area contributed by atoms with Gasteiger partial charge in [-0.15, -0.1) is 0 Å². The van der Waals surface area contributed by atoms with Crippen molar-refractivity contribution in [3.63, 3.8) is 0 Å². The highest BCUT2D eigenvalue weighted by atomic mass is 16.5. The lowest BCUT2D eigenvalue weighted by Crippen LogP contribution is -2.25. The van der Waals surface area contributed by atoms with Gasteiger partial charge in [0.25, 0.3) is 6.33 Å². The lowest BCUT2D eigenvalue weighted by Gasteiger charge is -2.01. The topological polar surface area (TPSA) is 60.1 Å². The number of nitrogens with zero attached hydrogens (tertiary/aromatic N) is 2. The molecule has 70 valence electrons. The normalized spacial score (nSPS) is 10.0. The van der Waals surface area contributed by atoms with Crippen molar-refractivity contribution >= 4 is 0 Å². The molecule has 0 atom stereocenters. The largest absolute Gasteiger partial charge is 0.711 e. The van der Waals surface area contributed by atoms with Crippen LogP contribution in [0.1, 0.15) is 0 Å². The summed E-state index contributed by atoms with van der Waals surface area (Å²) in [5.74, 6) is -0.117. The van der Waals surface area contributed by atoms with Gasteiger partial charge in [0.15, 0.2) is 0 Å². The first-order valence-electron chi connectivity index (χ1n) is 4.10. The molecule has 0 bridgehead atoms. The molecule has 0 saturated heterocycles. The molecule has 0 aliphatic carbocycles. The van der Waals surface area contributed by atoms with Crippen LogP contribution in [0.25, 0.3) is 11.3 Å². The number of rotatable bonds is 1. The number of benzene rings is 1. The molecule has 1 aromatic heterocycles. The van der Waals surface area contributed by atoms with Crippen LogP contribution in [0.5, 0.6) is 5.75 Å². The molecule has 0 fully saturated rings. The molecule has 0 aliphatic heterocycles. The highest BCUT2D eigenvalue weighted by Crippen LogP contribution is 2.23. The quantitative estimate of drug-likeness (QED) is 0.538. The van der Waals surface area contributed by atoms with Gasteiger partial charge in [-0.3, -0.25) is 0 Å². The lowest BCUT2D eigenvalue weighted by molar-refractivity contribution is -0.609. The Balaban J connectivity index is 2.53. The summed E-state index contributed by atoms with van der Waals surface area (Å²) in [7, 11) is 0. The van der Waals surface area contributed by atoms with Gasteiger partial charge in [-0.2, -0.15) is 0 Å². The molecule has 0 unspecified atom stereocenters. The second-order valence-corrected chi connectivity index (χ2v) is 2.83. The minimum absolute atomic E-state index is 0.117. The summed E-state index contributed by atoms with van der Waals surface area (Å²) < 4.78 is 0.460. The highest BCUT2D eigenvalue weighted by molar-refractivity contribution is 5.64. The maximum absolute atomic E-state index is 10.8. The molecule has 0 amide bonds. The Hall–Kier alpha value is -2.10. The standard InChI is InChI=1S/C10H8N2O2/c13-9-6-12(14)7-11-10(9)8-4-2-1-3-5-8/h1-7,13H. The summed E-state index contributed by atoms with van der Waals surface area (Å²) in [4.78, 5) is 3.85. The first kappa shape index (κ1) is 8.50. The van der Waals surface area contributed by atoms with Gasteiger partial charge in [-0.1, -0.05) is 30.3 Å². The van der Waals surface area contributed by atoms with E-state index in [1.54, 1.807) is 0 Å². The second-order valence-electron chi connectivity index (χ2n) is 2.83. The van der Waals surface area contributed by atoms with E-state index in [4.69, 9.17) is 0 Å². The molecular formula is C10H8N2O2. The van der Waals surface area contributed by atoms with Crippen molar-refractivity contribution in [3.05, 3.63) is 48.1 Å². The van der Waals surface area contributed by atoms with Crippen LogP contribution < -0.4 is 4.73 Å². The number of hydrogen-bond donors (Lipinski definition) is 1. The molecule has 1 aromatic carbocycles. The Morgan fingerprint density at radius 1 is 1.21 bits per heavy atom. The molecule has 4 nitrogen and oxygen atoms in total. The van der Waals surface area contributed by atoms with Crippen molar-refractivity contribution in [3.8, 4) is 17.0 Å². The average molecular weight is 188 g/mol. The van der Waals surface area contributed by atoms with E-state index >= 15 is 0 Å². The minimum atomic E-state index is -0.117. The molecule has 1 heterocycles. The van der Waals surface area contributed by atoms with Gasteiger partial charge in [-0.25, -0.2) is 4.73 Å². The summed E-state index contributed by atoms with van der Waals surface area (Å²) in [5, 5.41) is 20.2. The summed E-state index contributed by atoms with van der Waals surface area (Å²) >= 11 is 0. The zero-order valence-corrected chi connectivity index (χ0v) is 7.29. The fourth-order valence-corrected chi connectivity index (χ4v) is 1.21. The van der Waals surface area contributed by atoms with Crippen molar-refractivity contribution in [2.45, 2.75) is 0 Å². The van der Waals surface area contributed by atoms with E-state index in [0.29, 0.717) is 10.4 Å². The van der Waals surface area contributed by atoms with E-state index in [-0.39, 0.29) is 5.75 Å². The molecule has 2 aromatic rings. The Morgan fingerprint density at radius 2 is 1.93 bits per heavy atom. The van der Waals surface area contributed by atoms with E-state index in [1.165, 1.54) is 0 Å². The van der Waals surface area contributed by atoms with Crippen molar-refractivity contribution in [1.29, 1.82) is 0 Å². The monoisotopic (exact) mass is 188 g/mol. The fraction of sp³-hybridized carbons (Fsp3) is 0. The van der Waals surface area contributed by atoms with E-state index in [9.17, 15) is 10.3 Å². The number of aromatic nitrogens is 2. The van der Waals surface area contributed by atoms with E-state index in [2.05, 4.69) is 4.98 Å². The first-order valence-corrected chi connectivity index (χ1v) is 4.10. The molecule has 0 spiro atoms. The van der Waals surface area contributed by atoms with Gasteiger partial charge in [0.2, 0.25) is 11.4 Å². The predicted molar refractivity (Wildman–Crippen MR) is 50.3 cm³/mol. The van der Waals surface area contributed by atoms with Crippen LogP contribution in [0.4, 0.5) is 0 Å². The minimum Gasteiger partial charge on any atom is -0.711 e. The SMILES string of the molecule is [O-][n+]1cnc(-c2ccccc2)c(O)c1. The Morgan fingerprint density at radius 3 is 2.57 bits per heavy atom. The summed E-state index contributed by atoms with van der Waals surface area (Å²) in [6.45, 7) is 0. The molecule has 1 N–H and O–H groups in total. The smallest absolute Gasteiger partial charge is 0.290 e. The molecule has 0 aliphatic rings. The van der Waals surface area contributed by atoms with Gasteiger partial charge in [0, 0.05) is 5.56 Å². The van der Waals surface area contributed by atoms with Crippen LogP contribution >= 0.6 is 0 Å².